The van der Waals surface area contributed by atoms with E-state index in [1.807, 2.05) is 19.0 Å². The third-order valence-electron chi connectivity index (χ3n) is 3.56. The normalized spacial score (nSPS) is 10.6. The molecule has 2 rings (SSSR count). The Kier molecular flexibility index (Phi) is 7.09. The second-order valence-corrected chi connectivity index (χ2v) is 6.50. The molecule has 1 aromatic heterocycles. The molecular formula is C18H22ClN5O3. The smallest absolute Gasteiger partial charge is 0.337 e. The maximum absolute atomic E-state index is 12.6. The zero-order valence-corrected chi connectivity index (χ0v) is 16.4. The van der Waals surface area contributed by atoms with E-state index < -0.39 is 11.9 Å². The number of hydrogen-bond donors (Lipinski definition) is 2. The van der Waals surface area contributed by atoms with Gasteiger partial charge in [-0.1, -0.05) is 11.6 Å². The van der Waals surface area contributed by atoms with E-state index in [1.165, 1.54) is 25.3 Å². The molecular weight excluding hydrogens is 370 g/mol. The van der Waals surface area contributed by atoms with Crippen molar-refractivity contribution in [2.24, 2.45) is 0 Å². The summed E-state index contributed by atoms with van der Waals surface area (Å²) in [5.41, 5.74) is 1.41. The van der Waals surface area contributed by atoms with Crippen molar-refractivity contribution < 1.29 is 14.3 Å². The van der Waals surface area contributed by atoms with Crippen LogP contribution in [0.1, 0.15) is 26.5 Å². The van der Waals surface area contributed by atoms with Gasteiger partial charge in [-0.3, -0.25) is 4.79 Å². The van der Waals surface area contributed by atoms with Crippen LogP contribution < -0.4 is 10.6 Å². The molecule has 1 heterocycles. The fourth-order valence-electron chi connectivity index (χ4n) is 2.21. The Labute approximate surface area is 162 Å². The Bertz CT molecular complexity index is 842. The van der Waals surface area contributed by atoms with Crippen LogP contribution in [0.4, 0.5) is 11.6 Å². The van der Waals surface area contributed by atoms with Gasteiger partial charge in [-0.25, -0.2) is 14.8 Å². The van der Waals surface area contributed by atoms with E-state index in [4.69, 9.17) is 11.6 Å². The first-order valence-corrected chi connectivity index (χ1v) is 8.61. The van der Waals surface area contributed by atoms with Gasteiger partial charge in [-0.05, 0) is 45.3 Å². The third-order valence-corrected chi connectivity index (χ3v) is 3.89. The maximum atomic E-state index is 12.6. The fraction of sp³-hybridized carbons (Fsp3) is 0.333. The Hall–Kier alpha value is -2.71. The van der Waals surface area contributed by atoms with Crippen LogP contribution in [0.2, 0.25) is 5.02 Å². The molecule has 0 aliphatic rings. The topological polar surface area (TPSA) is 96.4 Å². The highest BCUT2D eigenvalue weighted by atomic mass is 35.5. The number of methoxy groups -OCH3 is 1. The van der Waals surface area contributed by atoms with Crippen molar-refractivity contribution in [3.8, 4) is 0 Å². The van der Waals surface area contributed by atoms with E-state index in [-0.39, 0.29) is 11.3 Å². The predicted octanol–water partition coefficient (Wildman–Crippen LogP) is 2.45. The van der Waals surface area contributed by atoms with Gasteiger partial charge in [0.15, 0.2) is 0 Å². The number of benzene rings is 1. The van der Waals surface area contributed by atoms with Gasteiger partial charge in [-0.15, -0.1) is 0 Å². The quantitative estimate of drug-likeness (QED) is 0.699. The molecule has 8 nitrogen and oxygen atoms in total. The highest BCUT2D eigenvalue weighted by molar-refractivity contribution is 6.34. The van der Waals surface area contributed by atoms with Crippen molar-refractivity contribution >= 4 is 35.1 Å². The number of nitrogens with zero attached hydrogens (tertiary/aromatic N) is 3. The number of likely N-dealkylation sites (N-methyl/N-ethyl adjacent to an activating group) is 1. The zero-order valence-electron chi connectivity index (χ0n) is 15.7. The Morgan fingerprint density at radius 1 is 1.22 bits per heavy atom. The first-order chi connectivity index (χ1) is 12.8. The van der Waals surface area contributed by atoms with E-state index in [0.29, 0.717) is 28.9 Å². The first-order valence-electron chi connectivity index (χ1n) is 8.23. The molecule has 9 heteroatoms. The second-order valence-electron chi connectivity index (χ2n) is 6.09. The number of carbonyl (C=O) groups excluding carboxylic acids is 2. The molecule has 0 atom stereocenters. The fourth-order valence-corrected chi connectivity index (χ4v) is 2.37. The number of nitrogens with one attached hydrogen (secondary N) is 2. The number of anilines is 2. The van der Waals surface area contributed by atoms with Gasteiger partial charge < -0.3 is 20.3 Å². The van der Waals surface area contributed by atoms with Gasteiger partial charge in [-0.2, -0.15) is 0 Å². The molecule has 0 unspecified atom stereocenters. The number of amides is 1. The molecule has 27 heavy (non-hydrogen) atoms. The van der Waals surface area contributed by atoms with Crippen LogP contribution in [0, 0.1) is 6.92 Å². The van der Waals surface area contributed by atoms with Gasteiger partial charge in [0.2, 0.25) is 5.95 Å². The van der Waals surface area contributed by atoms with Gasteiger partial charge in [0.25, 0.3) is 5.91 Å². The number of aromatic nitrogens is 2. The lowest BCUT2D eigenvalue weighted by Gasteiger charge is -2.12. The number of aryl methyl sites for hydroxylation is 1. The first kappa shape index (κ1) is 20.6. The molecule has 144 valence electrons. The third kappa shape index (κ3) is 5.90. The van der Waals surface area contributed by atoms with E-state index in [9.17, 15) is 9.59 Å². The number of ether oxygens (including phenoxy) is 1. The number of hydrogen-bond acceptors (Lipinski definition) is 7. The molecule has 0 bridgehead atoms. The van der Waals surface area contributed by atoms with E-state index >= 15 is 0 Å². The van der Waals surface area contributed by atoms with Gasteiger partial charge in [0, 0.05) is 18.8 Å². The number of carbonyl (C=O) groups is 2. The molecule has 0 aliphatic heterocycles. The van der Waals surface area contributed by atoms with Crippen LogP contribution in [-0.4, -0.2) is 61.0 Å². The molecule has 1 amide bonds. The highest BCUT2D eigenvalue weighted by Crippen LogP contribution is 2.24. The monoisotopic (exact) mass is 391 g/mol. The summed E-state index contributed by atoms with van der Waals surface area (Å²) in [6, 6.07) is 6.06. The summed E-state index contributed by atoms with van der Waals surface area (Å²) in [5, 5.41) is 6.05. The summed E-state index contributed by atoms with van der Waals surface area (Å²) in [4.78, 5) is 34.8. The van der Waals surface area contributed by atoms with Gasteiger partial charge in [0.1, 0.15) is 5.69 Å². The van der Waals surface area contributed by atoms with Crippen molar-refractivity contribution in [1.29, 1.82) is 0 Å². The van der Waals surface area contributed by atoms with Crippen molar-refractivity contribution in [2.75, 3.05) is 44.9 Å². The predicted molar refractivity (Wildman–Crippen MR) is 105 cm³/mol. The molecule has 0 saturated carbocycles. The summed E-state index contributed by atoms with van der Waals surface area (Å²) in [6.07, 6.45) is 0. The van der Waals surface area contributed by atoms with Crippen LogP contribution in [0.15, 0.2) is 24.3 Å². The van der Waals surface area contributed by atoms with Crippen molar-refractivity contribution in [3.05, 3.63) is 46.2 Å². The SMILES string of the molecule is COC(=O)c1ccc(Cl)c(NC(=O)c2cc(C)nc(NCCN(C)C)n2)c1. The Morgan fingerprint density at radius 2 is 1.96 bits per heavy atom. The molecule has 0 aliphatic carbocycles. The lowest BCUT2D eigenvalue weighted by molar-refractivity contribution is 0.0600. The summed E-state index contributed by atoms with van der Waals surface area (Å²) in [5.74, 6) is -0.607. The van der Waals surface area contributed by atoms with Gasteiger partial charge >= 0.3 is 5.97 Å². The van der Waals surface area contributed by atoms with Gasteiger partial charge in [0.05, 0.1) is 23.4 Å². The lowest BCUT2D eigenvalue weighted by atomic mass is 10.2. The molecule has 2 N–H and O–H groups in total. The molecule has 1 aromatic carbocycles. The summed E-state index contributed by atoms with van der Waals surface area (Å²) in [7, 11) is 5.21. The van der Waals surface area contributed by atoms with E-state index in [2.05, 4.69) is 25.3 Å². The van der Waals surface area contributed by atoms with E-state index in [1.54, 1.807) is 13.0 Å². The number of halogens is 1. The largest absolute Gasteiger partial charge is 0.465 e. The zero-order chi connectivity index (χ0) is 20.0. The maximum Gasteiger partial charge on any atom is 0.337 e. The van der Waals surface area contributed by atoms with E-state index in [0.717, 1.165) is 6.54 Å². The Morgan fingerprint density at radius 3 is 2.63 bits per heavy atom. The minimum Gasteiger partial charge on any atom is -0.465 e. The second kappa shape index (κ2) is 9.29. The number of esters is 1. The standard InChI is InChI=1S/C18H22ClN5O3/c1-11-9-15(23-18(21-11)20-7-8-24(2)3)16(25)22-14-10-12(17(26)27-4)5-6-13(14)19/h5-6,9-10H,7-8H2,1-4H3,(H,22,25)(H,20,21,23). The van der Waals surface area contributed by atoms with Crippen LogP contribution in [0.5, 0.6) is 0 Å². The van der Waals surface area contributed by atoms with Crippen LogP contribution in [0.25, 0.3) is 0 Å². The summed E-state index contributed by atoms with van der Waals surface area (Å²) in [6.45, 7) is 3.22. The van der Waals surface area contributed by atoms with Crippen molar-refractivity contribution in [3.63, 3.8) is 0 Å². The minimum absolute atomic E-state index is 0.189. The van der Waals surface area contributed by atoms with Crippen LogP contribution in [0.3, 0.4) is 0 Å². The van der Waals surface area contributed by atoms with Crippen molar-refractivity contribution in [1.82, 2.24) is 14.9 Å². The Balaban J connectivity index is 2.18. The molecule has 0 radical (unpaired) electrons. The molecule has 0 saturated heterocycles. The number of rotatable bonds is 7. The van der Waals surface area contributed by atoms with Crippen molar-refractivity contribution in [2.45, 2.75) is 6.92 Å². The van der Waals surface area contributed by atoms with Crippen LogP contribution >= 0.6 is 11.6 Å². The average molecular weight is 392 g/mol. The van der Waals surface area contributed by atoms with Crippen LogP contribution in [-0.2, 0) is 4.74 Å². The lowest BCUT2D eigenvalue weighted by Crippen LogP contribution is -2.22. The molecule has 2 aromatic rings. The summed E-state index contributed by atoms with van der Waals surface area (Å²) < 4.78 is 4.68. The molecule has 0 fully saturated rings. The highest BCUT2D eigenvalue weighted by Gasteiger charge is 2.15. The molecule has 0 spiro atoms. The summed E-state index contributed by atoms with van der Waals surface area (Å²) >= 11 is 6.12. The minimum atomic E-state index is -0.521. The average Bonchev–Trinajstić information content (AvgIpc) is 2.62.